The molecule has 2 atom stereocenters. The van der Waals surface area contributed by atoms with E-state index in [-0.39, 0.29) is 12.0 Å². The number of halogens is 3. The van der Waals surface area contributed by atoms with Gasteiger partial charge in [-0.2, -0.15) is 13.2 Å². The second kappa shape index (κ2) is 6.31. The van der Waals surface area contributed by atoms with Crippen molar-refractivity contribution >= 4 is 0 Å². The molecule has 0 bridgehead atoms. The first-order chi connectivity index (χ1) is 9.93. The summed E-state index contributed by atoms with van der Waals surface area (Å²) >= 11 is 0. The molecule has 4 heteroatoms. The summed E-state index contributed by atoms with van der Waals surface area (Å²) in [7, 11) is 1.82. The Labute approximate surface area is 122 Å². The second-order valence-electron chi connectivity index (χ2n) is 5.09. The molecule has 0 saturated carbocycles. The van der Waals surface area contributed by atoms with E-state index < -0.39 is 11.7 Å². The molecule has 112 valence electrons. The zero-order valence-electron chi connectivity index (χ0n) is 12.0. The highest BCUT2D eigenvalue weighted by atomic mass is 19.4. The van der Waals surface area contributed by atoms with E-state index in [0.29, 0.717) is 0 Å². The molecule has 2 unspecified atom stereocenters. The van der Waals surface area contributed by atoms with Gasteiger partial charge in [0.15, 0.2) is 0 Å². The molecule has 0 amide bonds. The van der Waals surface area contributed by atoms with Crippen LogP contribution in [-0.4, -0.2) is 7.05 Å². The standard InChI is InChI=1S/C17H18F3N/c1-12(13-6-4-3-5-7-13)16(21-2)14-8-10-15(11-9-14)17(18,19)20/h3-12,16,21H,1-2H3. The maximum absolute atomic E-state index is 12.6. The first-order valence-corrected chi connectivity index (χ1v) is 6.83. The second-order valence-corrected chi connectivity index (χ2v) is 5.09. The molecule has 0 radical (unpaired) electrons. The van der Waals surface area contributed by atoms with Crippen molar-refractivity contribution in [2.24, 2.45) is 0 Å². The first-order valence-electron chi connectivity index (χ1n) is 6.83. The predicted octanol–water partition coefficient (Wildman–Crippen LogP) is 4.77. The van der Waals surface area contributed by atoms with Gasteiger partial charge < -0.3 is 5.32 Å². The molecule has 2 aromatic rings. The average molecular weight is 293 g/mol. The third kappa shape index (κ3) is 3.64. The highest BCUT2D eigenvalue weighted by molar-refractivity contribution is 5.30. The topological polar surface area (TPSA) is 12.0 Å². The van der Waals surface area contributed by atoms with Crippen LogP contribution in [0.5, 0.6) is 0 Å². The van der Waals surface area contributed by atoms with Crippen molar-refractivity contribution in [3.8, 4) is 0 Å². The van der Waals surface area contributed by atoms with Gasteiger partial charge in [0.2, 0.25) is 0 Å². The highest BCUT2D eigenvalue weighted by Crippen LogP contribution is 2.33. The van der Waals surface area contributed by atoms with E-state index in [2.05, 4.69) is 12.2 Å². The lowest BCUT2D eigenvalue weighted by Gasteiger charge is -2.25. The summed E-state index contributed by atoms with van der Waals surface area (Å²) in [6, 6.07) is 15.3. The molecule has 0 fully saturated rings. The van der Waals surface area contributed by atoms with Crippen LogP contribution in [0.4, 0.5) is 13.2 Å². The van der Waals surface area contributed by atoms with Gasteiger partial charge in [-0.15, -0.1) is 0 Å². The molecule has 0 aliphatic carbocycles. The van der Waals surface area contributed by atoms with E-state index in [0.717, 1.165) is 23.3 Å². The Kier molecular flexibility index (Phi) is 4.68. The molecule has 0 spiro atoms. The maximum Gasteiger partial charge on any atom is 0.416 e. The van der Waals surface area contributed by atoms with Crippen LogP contribution in [-0.2, 0) is 6.18 Å². The van der Waals surface area contributed by atoms with E-state index in [4.69, 9.17) is 0 Å². The number of hydrogen-bond acceptors (Lipinski definition) is 1. The van der Waals surface area contributed by atoms with Gasteiger partial charge in [0, 0.05) is 12.0 Å². The largest absolute Gasteiger partial charge is 0.416 e. The monoisotopic (exact) mass is 293 g/mol. The quantitative estimate of drug-likeness (QED) is 0.856. The third-order valence-electron chi connectivity index (χ3n) is 3.73. The molecule has 0 aliphatic heterocycles. The number of benzene rings is 2. The smallest absolute Gasteiger partial charge is 0.312 e. The lowest BCUT2D eigenvalue weighted by atomic mass is 9.88. The third-order valence-corrected chi connectivity index (χ3v) is 3.73. The van der Waals surface area contributed by atoms with E-state index in [9.17, 15) is 13.2 Å². The van der Waals surface area contributed by atoms with Crippen molar-refractivity contribution in [3.05, 3.63) is 71.3 Å². The summed E-state index contributed by atoms with van der Waals surface area (Å²) in [5, 5.41) is 3.19. The Balaban J connectivity index is 2.25. The lowest BCUT2D eigenvalue weighted by Crippen LogP contribution is -2.22. The zero-order valence-corrected chi connectivity index (χ0v) is 12.0. The summed E-state index contributed by atoms with van der Waals surface area (Å²) < 4.78 is 37.8. The highest BCUT2D eigenvalue weighted by Gasteiger charge is 2.30. The number of hydrogen-bond donors (Lipinski definition) is 1. The Morgan fingerprint density at radius 3 is 1.90 bits per heavy atom. The van der Waals surface area contributed by atoms with E-state index in [1.54, 1.807) is 12.1 Å². The van der Waals surface area contributed by atoms with Gasteiger partial charge in [-0.05, 0) is 30.3 Å². The summed E-state index contributed by atoms with van der Waals surface area (Å²) in [5.41, 5.74) is 1.38. The van der Waals surface area contributed by atoms with E-state index in [1.807, 2.05) is 37.4 Å². The summed E-state index contributed by atoms with van der Waals surface area (Å²) in [6.07, 6.45) is -4.29. The molecule has 0 aromatic heterocycles. The van der Waals surface area contributed by atoms with Crippen molar-refractivity contribution in [1.29, 1.82) is 0 Å². The van der Waals surface area contributed by atoms with Crippen molar-refractivity contribution in [1.82, 2.24) is 5.32 Å². The van der Waals surface area contributed by atoms with E-state index >= 15 is 0 Å². The molecule has 2 aromatic carbocycles. The van der Waals surface area contributed by atoms with Crippen LogP contribution in [0.3, 0.4) is 0 Å². The summed E-state index contributed by atoms with van der Waals surface area (Å²) in [6.45, 7) is 2.06. The van der Waals surface area contributed by atoms with Gasteiger partial charge in [0.05, 0.1) is 5.56 Å². The number of alkyl halides is 3. The van der Waals surface area contributed by atoms with Crippen molar-refractivity contribution in [2.75, 3.05) is 7.05 Å². The van der Waals surface area contributed by atoms with Crippen LogP contribution >= 0.6 is 0 Å². The first kappa shape index (κ1) is 15.6. The van der Waals surface area contributed by atoms with Gasteiger partial charge >= 0.3 is 6.18 Å². The predicted molar refractivity (Wildman–Crippen MR) is 78.1 cm³/mol. The van der Waals surface area contributed by atoms with Gasteiger partial charge in [-0.25, -0.2) is 0 Å². The SMILES string of the molecule is CNC(c1ccc(C(F)(F)F)cc1)C(C)c1ccccc1. The van der Waals surface area contributed by atoms with Crippen LogP contribution in [0, 0.1) is 0 Å². The summed E-state index contributed by atoms with van der Waals surface area (Å²) in [5.74, 6) is 0.160. The van der Waals surface area contributed by atoms with Crippen LogP contribution in [0.1, 0.15) is 35.6 Å². The minimum absolute atomic E-state index is 0.0327. The normalized spacial score (nSPS) is 14.7. The minimum atomic E-state index is -4.29. The van der Waals surface area contributed by atoms with Crippen molar-refractivity contribution in [2.45, 2.75) is 25.1 Å². The number of rotatable bonds is 4. The molecule has 1 nitrogen and oxygen atoms in total. The molecule has 0 saturated heterocycles. The van der Waals surface area contributed by atoms with Crippen LogP contribution in [0.2, 0.25) is 0 Å². The molecule has 2 rings (SSSR count). The van der Waals surface area contributed by atoms with Gasteiger partial charge in [-0.1, -0.05) is 49.4 Å². The fraction of sp³-hybridized carbons (Fsp3) is 0.294. The van der Waals surface area contributed by atoms with Crippen LogP contribution in [0.25, 0.3) is 0 Å². The number of likely N-dealkylation sites (N-methyl/N-ethyl adjacent to an activating group) is 1. The van der Waals surface area contributed by atoms with Gasteiger partial charge in [0.25, 0.3) is 0 Å². The lowest BCUT2D eigenvalue weighted by molar-refractivity contribution is -0.137. The average Bonchev–Trinajstić information content (AvgIpc) is 2.48. The van der Waals surface area contributed by atoms with Gasteiger partial charge in [0.1, 0.15) is 0 Å². The maximum atomic E-state index is 12.6. The fourth-order valence-electron chi connectivity index (χ4n) is 2.53. The fourth-order valence-corrected chi connectivity index (χ4v) is 2.53. The van der Waals surface area contributed by atoms with Crippen LogP contribution in [0.15, 0.2) is 54.6 Å². The zero-order chi connectivity index (χ0) is 15.5. The Hall–Kier alpha value is -1.81. The van der Waals surface area contributed by atoms with Gasteiger partial charge in [-0.3, -0.25) is 0 Å². The molecule has 0 aliphatic rings. The molecule has 0 heterocycles. The van der Waals surface area contributed by atoms with E-state index in [1.165, 1.54) is 0 Å². The minimum Gasteiger partial charge on any atom is -0.312 e. The van der Waals surface area contributed by atoms with Crippen molar-refractivity contribution in [3.63, 3.8) is 0 Å². The van der Waals surface area contributed by atoms with Crippen molar-refractivity contribution < 1.29 is 13.2 Å². The van der Waals surface area contributed by atoms with Crippen LogP contribution < -0.4 is 5.32 Å². The Bertz CT molecular complexity index is 561. The number of nitrogens with one attached hydrogen (secondary N) is 1. The Morgan fingerprint density at radius 2 is 1.43 bits per heavy atom. The Morgan fingerprint density at radius 1 is 0.857 bits per heavy atom. The molecule has 21 heavy (non-hydrogen) atoms. The summed E-state index contributed by atoms with van der Waals surface area (Å²) in [4.78, 5) is 0. The molecular formula is C17H18F3N. The molecular weight excluding hydrogens is 275 g/mol. The molecule has 1 N–H and O–H groups in total.